The highest BCUT2D eigenvalue weighted by Gasteiger charge is 2.01. The van der Waals surface area contributed by atoms with E-state index in [1.165, 1.54) is 23.3 Å². The van der Waals surface area contributed by atoms with Crippen molar-refractivity contribution in [2.75, 3.05) is 7.11 Å². The van der Waals surface area contributed by atoms with Gasteiger partial charge in [0, 0.05) is 17.1 Å². The van der Waals surface area contributed by atoms with Gasteiger partial charge in [0.2, 0.25) is 0 Å². The number of hydrogen-bond donors (Lipinski definition) is 1. The van der Waals surface area contributed by atoms with E-state index in [4.69, 9.17) is 4.74 Å². The van der Waals surface area contributed by atoms with Crippen molar-refractivity contribution >= 4 is 10.9 Å². The summed E-state index contributed by atoms with van der Waals surface area (Å²) in [5.41, 5.74) is 3.38. The fourth-order valence-corrected chi connectivity index (χ4v) is 2.13. The predicted octanol–water partition coefficient (Wildman–Crippen LogP) is 4.87. The number of nitrogens with one attached hydrogen (secondary N) is 1. The number of hydrogen-bond acceptors (Lipinski definition) is 1. The van der Waals surface area contributed by atoms with E-state index < -0.39 is 0 Å². The van der Waals surface area contributed by atoms with Gasteiger partial charge in [0.1, 0.15) is 11.6 Å². The zero-order valence-electron chi connectivity index (χ0n) is 12.6. The third-order valence-electron chi connectivity index (χ3n) is 3.37. The van der Waals surface area contributed by atoms with E-state index in [-0.39, 0.29) is 5.82 Å². The van der Waals surface area contributed by atoms with Crippen molar-refractivity contribution < 1.29 is 9.13 Å². The molecule has 2 nitrogen and oxygen atoms in total. The topological polar surface area (TPSA) is 25.0 Å². The predicted molar refractivity (Wildman–Crippen MR) is 85.4 cm³/mol. The van der Waals surface area contributed by atoms with Crippen LogP contribution in [0, 0.1) is 12.7 Å². The minimum absolute atomic E-state index is 0.188. The highest BCUT2D eigenvalue weighted by atomic mass is 19.1. The van der Waals surface area contributed by atoms with Crippen LogP contribution >= 0.6 is 0 Å². The SMILES string of the molecule is CCc1c[nH]c2cc(F)ccc12.COc1ccc(C)cc1. The second-order valence-electron chi connectivity index (χ2n) is 4.87. The molecular formula is C18H20FNO. The van der Waals surface area contributed by atoms with E-state index in [0.717, 1.165) is 23.1 Å². The molecule has 0 aliphatic heterocycles. The molecule has 110 valence electrons. The molecular weight excluding hydrogens is 265 g/mol. The molecule has 0 atom stereocenters. The number of methoxy groups -OCH3 is 1. The summed E-state index contributed by atoms with van der Waals surface area (Å²) in [4.78, 5) is 3.04. The fraction of sp³-hybridized carbons (Fsp3) is 0.222. The van der Waals surface area contributed by atoms with E-state index in [2.05, 4.69) is 18.8 Å². The Bertz CT molecular complexity index is 701. The Morgan fingerprint density at radius 2 is 1.81 bits per heavy atom. The van der Waals surface area contributed by atoms with Crippen molar-refractivity contribution in [3.05, 3.63) is 65.6 Å². The Morgan fingerprint density at radius 1 is 1.10 bits per heavy atom. The zero-order chi connectivity index (χ0) is 15.2. The van der Waals surface area contributed by atoms with Crippen molar-refractivity contribution in [3.8, 4) is 5.75 Å². The van der Waals surface area contributed by atoms with Crippen LogP contribution in [-0.4, -0.2) is 12.1 Å². The number of rotatable bonds is 2. The van der Waals surface area contributed by atoms with Crippen molar-refractivity contribution in [2.24, 2.45) is 0 Å². The minimum atomic E-state index is -0.188. The molecule has 0 spiro atoms. The number of benzene rings is 2. The lowest BCUT2D eigenvalue weighted by molar-refractivity contribution is 0.414. The maximum atomic E-state index is 12.7. The summed E-state index contributed by atoms with van der Waals surface area (Å²) in [5.74, 6) is 0.729. The van der Waals surface area contributed by atoms with Crippen LogP contribution in [0.25, 0.3) is 10.9 Å². The summed E-state index contributed by atoms with van der Waals surface area (Å²) in [6, 6.07) is 12.8. The standard InChI is InChI=1S/C10H10FN.C8H10O/c1-2-7-6-12-10-5-8(11)3-4-9(7)10;1-7-3-5-8(9-2)6-4-7/h3-6,12H,2H2,1H3;3-6H,1-2H3. The molecule has 0 fully saturated rings. The van der Waals surface area contributed by atoms with Gasteiger partial charge in [0.15, 0.2) is 0 Å². The molecule has 0 radical (unpaired) electrons. The average Bonchev–Trinajstić information content (AvgIpc) is 2.90. The number of aromatic nitrogens is 1. The number of ether oxygens (including phenoxy) is 1. The molecule has 2 aromatic carbocycles. The van der Waals surface area contributed by atoms with Crippen LogP contribution in [0.2, 0.25) is 0 Å². The summed E-state index contributed by atoms with van der Waals surface area (Å²) in [6.45, 7) is 4.14. The minimum Gasteiger partial charge on any atom is -0.497 e. The lowest BCUT2D eigenvalue weighted by Crippen LogP contribution is -1.80. The van der Waals surface area contributed by atoms with E-state index in [1.54, 1.807) is 7.11 Å². The van der Waals surface area contributed by atoms with Gasteiger partial charge in [-0.2, -0.15) is 0 Å². The van der Waals surface area contributed by atoms with E-state index in [1.807, 2.05) is 36.5 Å². The average molecular weight is 285 g/mol. The molecule has 0 bridgehead atoms. The lowest BCUT2D eigenvalue weighted by Gasteiger charge is -1.97. The van der Waals surface area contributed by atoms with Gasteiger partial charge < -0.3 is 9.72 Å². The first-order valence-electron chi connectivity index (χ1n) is 7.00. The Labute approximate surface area is 124 Å². The van der Waals surface area contributed by atoms with Crippen molar-refractivity contribution in [1.82, 2.24) is 4.98 Å². The molecule has 0 aliphatic carbocycles. The monoisotopic (exact) mass is 285 g/mol. The first-order chi connectivity index (χ1) is 10.1. The highest BCUT2D eigenvalue weighted by Crippen LogP contribution is 2.19. The van der Waals surface area contributed by atoms with Gasteiger partial charge in [-0.25, -0.2) is 4.39 Å². The van der Waals surface area contributed by atoms with E-state index in [0.29, 0.717) is 0 Å². The van der Waals surface area contributed by atoms with Crippen LogP contribution in [0.4, 0.5) is 4.39 Å². The first-order valence-corrected chi connectivity index (χ1v) is 7.00. The summed E-state index contributed by atoms with van der Waals surface area (Å²) >= 11 is 0. The third-order valence-corrected chi connectivity index (χ3v) is 3.37. The van der Waals surface area contributed by atoms with Crippen LogP contribution in [0.1, 0.15) is 18.1 Å². The van der Waals surface area contributed by atoms with Crippen LogP contribution in [0.3, 0.4) is 0 Å². The lowest BCUT2D eigenvalue weighted by atomic mass is 10.1. The van der Waals surface area contributed by atoms with Crippen LogP contribution in [0.5, 0.6) is 5.75 Å². The van der Waals surface area contributed by atoms with Gasteiger partial charge in [-0.3, -0.25) is 0 Å². The number of aryl methyl sites for hydroxylation is 2. The maximum Gasteiger partial charge on any atom is 0.125 e. The van der Waals surface area contributed by atoms with Gasteiger partial charge >= 0.3 is 0 Å². The molecule has 0 amide bonds. The van der Waals surface area contributed by atoms with Crippen LogP contribution in [-0.2, 0) is 6.42 Å². The number of H-pyrrole nitrogens is 1. The second-order valence-corrected chi connectivity index (χ2v) is 4.87. The quantitative estimate of drug-likeness (QED) is 0.713. The van der Waals surface area contributed by atoms with E-state index in [9.17, 15) is 4.39 Å². The molecule has 1 aromatic heterocycles. The summed E-state index contributed by atoms with van der Waals surface area (Å²) in [6.07, 6.45) is 2.91. The summed E-state index contributed by atoms with van der Waals surface area (Å²) in [7, 11) is 1.67. The molecule has 3 aromatic rings. The van der Waals surface area contributed by atoms with Crippen molar-refractivity contribution in [3.63, 3.8) is 0 Å². The van der Waals surface area contributed by atoms with Crippen molar-refractivity contribution in [2.45, 2.75) is 20.3 Å². The molecule has 0 aliphatic rings. The van der Waals surface area contributed by atoms with E-state index >= 15 is 0 Å². The van der Waals surface area contributed by atoms with Gasteiger partial charge in [-0.05, 0) is 49.2 Å². The Hall–Kier alpha value is -2.29. The Balaban J connectivity index is 0.000000161. The molecule has 0 unspecified atom stereocenters. The summed E-state index contributed by atoms with van der Waals surface area (Å²) < 4.78 is 17.7. The van der Waals surface area contributed by atoms with Gasteiger partial charge in [-0.15, -0.1) is 0 Å². The van der Waals surface area contributed by atoms with Gasteiger partial charge in [-0.1, -0.05) is 24.6 Å². The van der Waals surface area contributed by atoms with Gasteiger partial charge in [0.05, 0.1) is 7.11 Å². The maximum absolute atomic E-state index is 12.7. The normalized spacial score (nSPS) is 10.1. The Morgan fingerprint density at radius 3 is 2.43 bits per heavy atom. The molecule has 0 saturated heterocycles. The van der Waals surface area contributed by atoms with Gasteiger partial charge in [0.25, 0.3) is 0 Å². The van der Waals surface area contributed by atoms with Crippen molar-refractivity contribution in [1.29, 1.82) is 0 Å². The molecule has 1 heterocycles. The fourth-order valence-electron chi connectivity index (χ4n) is 2.13. The first kappa shape index (κ1) is 15.1. The number of halogens is 1. The summed E-state index contributed by atoms with van der Waals surface area (Å²) in [5, 5.41) is 1.12. The Kier molecular flexibility index (Phi) is 4.99. The van der Waals surface area contributed by atoms with Crippen LogP contribution < -0.4 is 4.74 Å². The molecule has 0 saturated carbocycles. The molecule has 3 rings (SSSR count). The molecule has 1 N–H and O–H groups in total. The molecule has 3 heteroatoms. The second kappa shape index (κ2) is 6.93. The highest BCUT2D eigenvalue weighted by molar-refractivity contribution is 5.83. The number of aromatic amines is 1. The van der Waals surface area contributed by atoms with Crippen LogP contribution in [0.15, 0.2) is 48.7 Å². The largest absolute Gasteiger partial charge is 0.497 e. The third kappa shape index (κ3) is 3.85. The smallest absolute Gasteiger partial charge is 0.125 e. The zero-order valence-corrected chi connectivity index (χ0v) is 12.6. The number of fused-ring (bicyclic) bond motifs is 1. The molecule has 21 heavy (non-hydrogen) atoms.